The topological polar surface area (TPSA) is 43.8 Å². The Morgan fingerprint density at radius 3 is 2.38 bits per heavy atom. The van der Waals surface area contributed by atoms with E-state index in [1.165, 1.54) is 62.4 Å². The first-order valence-corrected chi connectivity index (χ1v) is 8.44. The fourth-order valence-electron chi connectivity index (χ4n) is 2.89. The normalized spacial score (nSPS) is 11.3. The minimum absolute atomic E-state index is 0.651. The van der Waals surface area contributed by atoms with Crippen molar-refractivity contribution in [2.24, 2.45) is 0 Å². The molecular weight excluding hydrogens is 258 g/mol. The molecule has 2 N–H and O–H groups in total. The van der Waals surface area contributed by atoms with Gasteiger partial charge in [0.25, 0.3) is 0 Å². The molecule has 1 aromatic heterocycles. The second-order valence-electron chi connectivity index (χ2n) is 6.09. The zero-order chi connectivity index (χ0) is 15.1. The summed E-state index contributed by atoms with van der Waals surface area (Å²) in [4.78, 5) is 4.44. The van der Waals surface area contributed by atoms with E-state index < -0.39 is 0 Å². The molecule has 1 aromatic carbocycles. The van der Waals surface area contributed by atoms with Crippen LogP contribution in [0.3, 0.4) is 0 Å². The molecule has 0 spiro atoms. The lowest BCUT2D eigenvalue weighted by molar-refractivity contribution is 0.550. The van der Waals surface area contributed by atoms with E-state index in [1.807, 2.05) is 0 Å². The molecule has 21 heavy (non-hydrogen) atoms. The molecule has 0 saturated carbocycles. The summed E-state index contributed by atoms with van der Waals surface area (Å²) in [5, 5.41) is 0. The predicted molar refractivity (Wildman–Crippen MR) is 91.5 cm³/mol. The molecule has 0 fully saturated rings. The van der Waals surface area contributed by atoms with Crippen LogP contribution in [0.25, 0.3) is 11.0 Å². The Bertz CT molecular complexity index is 557. The number of hydrogen-bond donors (Lipinski definition) is 1. The van der Waals surface area contributed by atoms with Crippen molar-refractivity contribution >= 4 is 17.0 Å². The van der Waals surface area contributed by atoms with Crippen LogP contribution in [0.15, 0.2) is 18.2 Å². The van der Waals surface area contributed by atoms with Crippen LogP contribution in [0.1, 0.15) is 63.9 Å². The van der Waals surface area contributed by atoms with Crippen molar-refractivity contribution < 1.29 is 0 Å². The summed E-state index contributed by atoms with van der Waals surface area (Å²) in [5.41, 5.74) is 9.50. The van der Waals surface area contributed by atoms with Gasteiger partial charge in [-0.3, -0.25) is 0 Å². The van der Waals surface area contributed by atoms with Crippen LogP contribution in [-0.4, -0.2) is 9.55 Å². The largest absolute Gasteiger partial charge is 0.369 e. The monoisotopic (exact) mass is 287 g/mol. The number of rotatable bonds is 9. The predicted octanol–water partition coefficient (Wildman–Crippen LogP) is 5.07. The summed E-state index contributed by atoms with van der Waals surface area (Å²) in [6.07, 6.45) is 10.7. The number of anilines is 1. The zero-order valence-electron chi connectivity index (χ0n) is 13.6. The molecule has 116 valence electrons. The molecule has 0 aliphatic heterocycles. The van der Waals surface area contributed by atoms with Gasteiger partial charge >= 0.3 is 0 Å². The molecule has 1 heterocycles. The Morgan fingerprint density at radius 2 is 1.67 bits per heavy atom. The Kier molecular flexibility index (Phi) is 6.09. The Balaban J connectivity index is 1.78. The third-order valence-corrected chi connectivity index (χ3v) is 4.17. The van der Waals surface area contributed by atoms with Crippen molar-refractivity contribution in [3.63, 3.8) is 0 Å². The van der Waals surface area contributed by atoms with Crippen LogP contribution in [0.5, 0.6) is 0 Å². The Morgan fingerprint density at radius 1 is 1.00 bits per heavy atom. The van der Waals surface area contributed by atoms with Crippen LogP contribution >= 0.6 is 0 Å². The van der Waals surface area contributed by atoms with Gasteiger partial charge in [-0.05, 0) is 31.0 Å². The van der Waals surface area contributed by atoms with Crippen LogP contribution in [0.2, 0.25) is 0 Å². The van der Waals surface area contributed by atoms with Crippen molar-refractivity contribution in [3.8, 4) is 0 Å². The van der Waals surface area contributed by atoms with E-state index in [0.717, 1.165) is 12.1 Å². The molecule has 0 saturated heterocycles. The van der Waals surface area contributed by atoms with E-state index in [9.17, 15) is 0 Å². The number of imidazole rings is 1. The summed E-state index contributed by atoms with van der Waals surface area (Å²) in [6, 6.07) is 6.34. The van der Waals surface area contributed by atoms with Crippen molar-refractivity contribution in [2.75, 3.05) is 5.73 Å². The minimum Gasteiger partial charge on any atom is -0.369 e. The summed E-state index contributed by atoms with van der Waals surface area (Å²) >= 11 is 0. The highest BCUT2D eigenvalue weighted by Crippen LogP contribution is 2.20. The minimum atomic E-state index is 0.651. The van der Waals surface area contributed by atoms with E-state index >= 15 is 0 Å². The standard InChI is InChI=1S/C18H29N3/c1-3-4-5-6-7-8-9-10-13-21-17-14-15(2)11-12-16(17)20-18(21)19/h11-12,14H,3-10,13H2,1-2H3,(H2,19,20). The van der Waals surface area contributed by atoms with Gasteiger partial charge in [-0.15, -0.1) is 0 Å². The van der Waals surface area contributed by atoms with Crippen molar-refractivity contribution in [1.29, 1.82) is 0 Å². The van der Waals surface area contributed by atoms with Crippen molar-refractivity contribution in [2.45, 2.75) is 71.8 Å². The fourth-order valence-corrected chi connectivity index (χ4v) is 2.89. The highest BCUT2D eigenvalue weighted by Gasteiger charge is 2.07. The van der Waals surface area contributed by atoms with E-state index in [2.05, 4.69) is 41.6 Å². The van der Waals surface area contributed by atoms with Gasteiger partial charge in [-0.2, -0.15) is 0 Å². The first kappa shape index (κ1) is 15.9. The average molecular weight is 287 g/mol. The second kappa shape index (κ2) is 8.06. The average Bonchev–Trinajstić information content (AvgIpc) is 2.77. The molecule has 0 aliphatic carbocycles. The second-order valence-corrected chi connectivity index (χ2v) is 6.09. The first-order valence-electron chi connectivity index (χ1n) is 8.44. The molecule has 0 atom stereocenters. The van der Waals surface area contributed by atoms with Gasteiger partial charge in [0.2, 0.25) is 5.95 Å². The quantitative estimate of drug-likeness (QED) is 0.654. The molecule has 0 radical (unpaired) electrons. The third kappa shape index (κ3) is 4.48. The molecular formula is C18H29N3. The van der Waals surface area contributed by atoms with Gasteiger partial charge in [0.05, 0.1) is 11.0 Å². The van der Waals surface area contributed by atoms with Crippen LogP contribution < -0.4 is 5.73 Å². The molecule has 2 aromatic rings. The Hall–Kier alpha value is -1.51. The molecule has 0 bridgehead atoms. The summed E-state index contributed by atoms with van der Waals surface area (Å²) in [6.45, 7) is 5.37. The first-order chi connectivity index (χ1) is 10.2. The lowest BCUT2D eigenvalue weighted by atomic mass is 10.1. The lowest BCUT2D eigenvalue weighted by Crippen LogP contribution is -2.03. The number of benzene rings is 1. The van der Waals surface area contributed by atoms with E-state index in [0.29, 0.717) is 5.95 Å². The molecule has 0 aliphatic rings. The van der Waals surface area contributed by atoms with E-state index in [1.54, 1.807) is 0 Å². The van der Waals surface area contributed by atoms with Gasteiger partial charge < -0.3 is 10.3 Å². The maximum Gasteiger partial charge on any atom is 0.201 e. The number of unbranched alkanes of at least 4 members (excludes halogenated alkanes) is 7. The molecule has 0 amide bonds. The van der Waals surface area contributed by atoms with Gasteiger partial charge in [0.15, 0.2) is 0 Å². The van der Waals surface area contributed by atoms with Crippen LogP contribution in [0, 0.1) is 6.92 Å². The van der Waals surface area contributed by atoms with E-state index in [4.69, 9.17) is 5.73 Å². The summed E-state index contributed by atoms with van der Waals surface area (Å²) in [5.74, 6) is 0.651. The SMILES string of the molecule is CCCCCCCCCCn1c(N)nc2ccc(C)cc21. The van der Waals surface area contributed by atoms with Crippen LogP contribution in [-0.2, 0) is 6.54 Å². The fraction of sp³-hybridized carbons (Fsp3) is 0.611. The lowest BCUT2D eigenvalue weighted by Gasteiger charge is -2.07. The van der Waals surface area contributed by atoms with Gasteiger partial charge in [-0.1, -0.05) is 57.9 Å². The smallest absolute Gasteiger partial charge is 0.201 e. The van der Waals surface area contributed by atoms with Crippen molar-refractivity contribution in [3.05, 3.63) is 23.8 Å². The number of fused-ring (bicyclic) bond motifs is 1. The molecule has 0 unspecified atom stereocenters. The van der Waals surface area contributed by atoms with E-state index in [-0.39, 0.29) is 0 Å². The van der Waals surface area contributed by atoms with Crippen LogP contribution in [0.4, 0.5) is 5.95 Å². The Labute approximate surface area is 128 Å². The van der Waals surface area contributed by atoms with Gasteiger partial charge in [-0.25, -0.2) is 4.98 Å². The molecule has 3 nitrogen and oxygen atoms in total. The third-order valence-electron chi connectivity index (χ3n) is 4.17. The zero-order valence-corrected chi connectivity index (χ0v) is 13.6. The maximum atomic E-state index is 6.05. The molecule has 3 heteroatoms. The molecule has 2 rings (SSSR count). The number of nitrogen functional groups attached to an aromatic ring is 1. The van der Waals surface area contributed by atoms with Gasteiger partial charge in [0, 0.05) is 6.54 Å². The number of hydrogen-bond acceptors (Lipinski definition) is 2. The van der Waals surface area contributed by atoms with Gasteiger partial charge in [0.1, 0.15) is 0 Å². The number of nitrogens with two attached hydrogens (primary N) is 1. The summed E-state index contributed by atoms with van der Waals surface area (Å²) < 4.78 is 2.17. The highest BCUT2D eigenvalue weighted by molar-refractivity contribution is 5.79. The maximum absolute atomic E-state index is 6.05. The number of aromatic nitrogens is 2. The number of aryl methyl sites for hydroxylation is 2. The van der Waals surface area contributed by atoms with Crippen molar-refractivity contribution in [1.82, 2.24) is 9.55 Å². The highest BCUT2D eigenvalue weighted by atomic mass is 15.1. The summed E-state index contributed by atoms with van der Waals surface area (Å²) in [7, 11) is 0. The number of nitrogens with zero attached hydrogens (tertiary/aromatic N) is 2.